The van der Waals surface area contributed by atoms with Gasteiger partial charge in [0.15, 0.2) is 0 Å². The monoisotopic (exact) mass is 247 g/mol. The summed E-state index contributed by atoms with van der Waals surface area (Å²) >= 11 is 0. The first-order valence-electron chi connectivity index (χ1n) is 7.62. The van der Waals surface area contributed by atoms with E-state index >= 15 is 0 Å². The summed E-state index contributed by atoms with van der Waals surface area (Å²) in [6.07, 6.45) is 8.85. The normalized spacial score (nSPS) is 30.9. The van der Waals surface area contributed by atoms with Crippen molar-refractivity contribution in [2.24, 2.45) is 11.3 Å². The van der Waals surface area contributed by atoms with Gasteiger partial charge in [0, 0.05) is 25.6 Å². The molecule has 3 aliphatic rings. The van der Waals surface area contributed by atoms with E-state index < -0.39 is 0 Å². The first kappa shape index (κ1) is 12.4. The van der Waals surface area contributed by atoms with Gasteiger partial charge in [-0.1, -0.05) is 0 Å². The van der Waals surface area contributed by atoms with E-state index in [-0.39, 0.29) is 0 Å². The molecule has 1 unspecified atom stereocenters. The van der Waals surface area contributed by atoms with Gasteiger partial charge in [0.2, 0.25) is 0 Å². The molecule has 1 N–H and O–H groups in total. The predicted octanol–water partition coefficient (Wildman–Crippen LogP) is 2.14. The highest BCUT2D eigenvalue weighted by Gasteiger charge is 2.44. The zero-order valence-electron chi connectivity index (χ0n) is 11.3. The molecule has 0 spiro atoms. The SMILES string of the molecule is N#CCC1(CN2CCCC(CNC3CC3)C2)CC1. The van der Waals surface area contributed by atoms with Gasteiger partial charge in [0.05, 0.1) is 6.07 Å². The molecule has 2 saturated carbocycles. The molecule has 3 rings (SSSR count). The second-order valence-electron chi connectivity index (χ2n) is 6.76. The van der Waals surface area contributed by atoms with Crippen LogP contribution in [0.4, 0.5) is 0 Å². The van der Waals surface area contributed by atoms with E-state index in [0.29, 0.717) is 5.41 Å². The molecule has 18 heavy (non-hydrogen) atoms. The van der Waals surface area contributed by atoms with Crippen LogP contribution in [0.15, 0.2) is 0 Å². The largest absolute Gasteiger partial charge is 0.314 e. The Morgan fingerprint density at radius 1 is 1.28 bits per heavy atom. The van der Waals surface area contributed by atoms with Crippen LogP contribution in [0.2, 0.25) is 0 Å². The van der Waals surface area contributed by atoms with Crippen LogP contribution in [0, 0.1) is 22.7 Å². The van der Waals surface area contributed by atoms with Gasteiger partial charge in [-0.3, -0.25) is 0 Å². The Bertz CT molecular complexity index is 325. The van der Waals surface area contributed by atoms with Gasteiger partial charge < -0.3 is 10.2 Å². The number of piperidine rings is 1. The topological polar surface area (TPSA) is 39.1 Å². The Kier molecular flexibility index (Phi) is 3.59. The van der Waals surface area contributed by atoms with Crippen molar-refractivity contribution < 1.29 is 0 Å². The number of rotatable bonds is 6. The van der Waals surface area contributed by atoms with Gasteiger partial charge in [0.25, 0.3) is 0 Å². The van der Waals surface area contributed by atoms with Crippen molar-refractivity contribution in [3.63, 3.8) is 0 Å². The molecule has 0 bridgehead atoms. The minimum absolute atomic E-state index is 0.389. The van der Waals surface area contributed by atoms with E-state index in [1.165, 1.54) is 64.7 Å². The average Bonchev–Trinajstić information content (AvgIpc) is 3.24. The van der Waals surface area contributed by atoms with Crippen molar-refractivity contribution in [1.29, 1.82) is 5.26 Å². The van der Waals surface area contributed by atoms with Crippen LogP contribution in [0.25, 0.3) is 0 Å². The van der Waals surface area contributed by atoms with Gasteiger partial charge in [-0.25, -0.2) is 0 Å². The second-order valence-corrected chi connectivity index (χ2v) is 6.76. The van der Waals surface area contributed by atoms with Gasteiger partial charge in [-0.15, -0.1) is 0 Å². The number of nitrogens with one attached hydrogen (secondary N) is 1. The Morgan fingerprint density at radius 3 is 2.78 bits per heavy atom. The molecular formula is C15H25N3. The molecule has 1 saturated heterocycles. The Hall–Kier alpha value is -0.590. The van der Waals surface area contributed by atoms with Gasteiger partial charge >= 0.3 is 0 Å². The molecule has 3 nitrogen and oxygen atoms in total. The van der Waals surface area contributed by atoms with Crippen molar-refractivity contribution >= 4 is 0 Å². The Balaban J connectivity index is 1.43. The summed E-state index contributed by atoms with van der Waals surface area (Å²) < 4.78 is 0. The molecule has 2 aliphatic carbocycles. The molecule has 3 fully saturated rings. The standard InChI is InChI=1S/C15H25N3/c16-8-7-15(5-6-15)12-18-9-1-2-13(11-18)10-17-14-3-4-14/h13-14,17H,1-7,9-12H2. The lowest BCUT2D eigenvalue weighted by Crippen LogP contribution is -2.42. The first-order valence-corrected chi connectivity index (χ1v) is 7.62. The van der Waals surface area contributed by atoms with E-state index in [1.807, 2.05) is 0 Å². The molecule has 0 radical (unpaired) electrons. The van der Waals surface area contributed by atoms with E-state index in [2.05, 4.69) is 16.3 Å². The fourth-order valence-electron chi connectivity index (χ4n) is 3.29. The number of nitriles is 1. The lowest BCUT2D eigenvalue weighted by atomic mass is 9.95. The quantitative estimate of drug-likeness (QED) is 0.781. The summed E-state index contributed by atoms with van der Waals surface area (Å²) in [5.41, 5.74) is 0.389. The molecule has 100 valence electrons. The average molecular weight is 247 g/mol. The van der Waals surface area contributed by atoms with Crippen molar-refractivity contribution in [2.45, 2.75) is 51.0 Å². The summed E-state index contributed by atoms with van der Waals surface area (Å²) in [4.78, 5) is 2.63. The number of likely N-dealkylation sites (tertiary alicyclic amines) is 1. The van der Waals surface area contributed by atoms with E-state index in [0.717, 1.165) is 18.4 Å². The molecule has 1 heterocycles. The predicted molar refractivity (Wildman–Crippen MR) is 72.1 cm³/mol. The number of hydrogen-bond donors (Lipinski definition) is 1. The molecule has 0 aromatic rings. The molecule has 0 amide bonds. The Labute approximate surface area is 111 Å². The zero-order valence-corrected chi connectivity index (χ0v) is 11.3. The van der Waals surface area contributed by atoms with Crippen LogP contribution in [0.3, 0.4) is 0 Å². The first-order chi connectivity index (χ1) is 8.80. The van der Waals surface area contributed by atoms with Crippen LogP contribution in [0.5, 0.6) is 0 Å². The number of nitrogens with zero attached hydrogens (tertiary/aromatic N) is 2. The lowest BCUT2D eigenvalue weighted by molar-refractivity contribution is 0.143. The fourth-order valence-corrected chi connectivity index (χ4v) is 3.29. The molecular weight excluding hydrogens is 222 g/mol. The second kappa shape index (κ2) is 5.19. The van der Waals surface area contributed by atoms with Crippen LogP contribution < -0.4 is 5.32 Å². The maximum atomic E-state index is 8.90. The Morgan fingerprint density at radius 2 is 2.11 bits per heavy atom. The van der Waals surface area contributed by atoms with Crippen LogP contribution >= 0.6 is 0 Å². The lowest BCUT2D eigenvalue weighted by Gasteiger charge is -2.35. The van der Waals surface area contributed by atoms with Gasteiger partial charge in [-0.2, -0.15) is 5.26 Å². The minimum Gasteiger partial charge on any atom is -0.314 e. The summed E-state index contributed by atoms with van der Waals surface area (Å²) in [7, 11) is 0. The van der Waals surface area contributed by atoms with Crippen molar-refractivity contribution in [1.82, 2.24) is 10.2 Å². The third-order valence-electron chi connectivity index (χ3n) is 4.85. The fraction of sp³-hybridized carbons (Fsp3) is 0.933. The van der Waals surface area contributed by atoms with E-state index in [4.69, 9.17) is 5.26 Å². The van der Waals surface area contributed by atoms with Crippen molar-refractivity contribution in [3.8, 4) is 6.07 Å². The maximum Gasteiger partial charge on any atom is 0.0628 e. The molecule has 3 heteroatoms. The summed E-state index contributed by atoms with van der Waals surface area (Å²) in [5.74, 6) is 0.845. The van der Waals surface area contributed by atoms with Gasteiger partial charge in [0.1, 0.15) is 0 Å². The highest BCUT2D eigenvalue weighted by Crippen LogP contribution is 2.49. The van der Waals surface area contributed by atoms with Crippen molar-refractivity contribution in [2.75, 3.05) is 26.2 Å². The summed E-state index contributed by atoms with van der Waals surface area (Å²) in [6.45, 7) is 4.91. The third-order valence-corrected chi connectivity index (χ3v) is 4.85. The number of hydrogen-bond acceptors (Lipinski definition) is 3. The van der Waals surface area contributed by atoms with Crippen LogP contribution in [-0.4, -0.2) is 37.1 Å². The molecule has 0 aromatic carbocycles. The maximum absolute atomic E-state index is 8.90. The highest BCUT2D eigenvalue weighted by molar-refractivity contribution is 5.01. The summed E-state index contributed by atoms with van der Waals surface area (Å²) in [5, 5.41) is 12.6. The smallest absolute Gasteiger partial charge is 0.0628 e. The molecule has 1 atom stereocenters. The van der Waals surface area contributed by atoms with Gasteiger partial charge in [-0.05, 0) is 62.9 Å². The summed E-state index contributed by atoms with van der Waals surface area (Å²) in [6, 6.07) is 3.22. The molecule has 0 aromatic heterocycles. The zero-order chi connectivity index (χ0) is 12.4. The molecule has 1 aliphatic heterocycles. The third kappa shape index (κ3) is 3.24. The minimum atomic E-state index is 0.389. The van der Waals surface area contributed by atoms with Crippen LogP contribution in [-0.2, 0) is 0 Å². The highest BCUT2D eigenvalue weighted by atomic mass is 15.1. The van der Waals surface area contributed by atoms with Crippen LogP contribution in [0.1, 0.15) is 44.9 Å². The van der Waals surface area contributed by atoms with E-state index in [1.54, 1.807) is 0 Å². The van der Waals surface area contributed by atoms with E-state index in [9.17, 15) is 0 Å². The van der Waals surface area contributed by atoms with Crippen molar-refractivity contribution in [3.05, 3.63) is 0 Å².